The van der Waals surface area contributed by atoms with Gasteiger partial charge in [0.1, 0.15) is 11.6 Å². The summed E-state index contributed by atoms with van der Waals surface area (Å²) >= 11 is 0. The molecule has 1 aliphatic rings. The van der Waals surface area contributed by atoms with Crippen molar-refractivity contribution in [1.82, 2.24) is 14.7 Å². The zero-order valence-corrected chi connectivity index (χ0v) is 17.0. The van der Waals surface area contributed by atoms with E-state index in [2.05, 4.69) is 10.4 Å². The van der Waals surface area contributed by atoms with Gasteiger partial charge in [0.15, 0.2) is 5.69 Å². The third-order valence-corrected chi connectivity index (χ3v) is 5.05. The van der Waals surface area contributed by atoms with Crippen LogP contribution in [0.2, 0.25) is 0 Å². The maximum Gasteiger partial charge on any atom is 0.274 e. The van der Waals surface area contributed by atoms with Crippen molar-refractivity contribution >= 4 is 17.6 Å². The topological polar surface area (TPSA) is 76.5 Å². The molecule has 0 radical (unpaired) electrons. The van der Waals surface area contributed by atoms with E-state index in [0.29, 0.717) is 12.4 Å². The minimum absolute atomic E-state index is 0.0299. The Kier molecular flexibility index (Phi) is 5.52. The Hall–Kier alpha value is -3.61. The van der Waals surface area contributed by atoms with Crippen LogP contribution in [0.4, 0.5) is 5.82 Å². The highest BCUT2D eigenvalue weighted by Crippen LogP contribution is 2.30. The van der Waals surface area contributed by atoms with Gasteiger partial charge in [-0.25, -0.2) is 4.68 Å². The number of nitrogens with one attached hydrogen (secondary N) is 1. The number of amides is 2. The minimum atomic E-state index is -0.220. The molecular formula is C23H24N4O3. The molecule has 154 valence electrons. The Bertz CT molecular complexity index is 1040. The van der Waals surface area contributed by atoms with E-state index in [1.807, 2.05) is 54.6 Å². The highest BCUT2D eigenvalue weighted by atomic mass is 16.5. The first-order valence-corrected chi connectivity index (χ1v) is 9.90. The summed E-state index contributed by atoms with van der Waals surface area (Å²) in [5, 5.41) is 7.42. The summed E-state index contributed by atoms with van der Waals surface area (Å²) < 4.78 is 6.78. The van der Waals surface area contributed by atoms with Crippen LogP contribution in [0, 0.1) is 5.92 Å². The van der Waals surface area contributed by atoms with Crippen LogP contribution in [0.3, 0.4) is 0 Å². The van der Waals surface area contributed by atoms with Gasteiger partial charge >= 0.3 is 0 Å². The molecule has 30 heavy (non-hydrogen) atoms. The number of rotatable bonds is 7. The lowest BCUT2D eigenvalue weighted by Crippen LogP contribution is -2.26. The van der Waals surface area contributed by atoms with Gasteiger partial charge in [0.25, 0.3) is 5.91 Å². The predicted octanol–water partition coefficient (Wildman–Crippen LogP) is 3.50. The second-order valence-electron chi connectivity index (χ2n) is 7.43. The molecule has 1 heterocycles. The van der Waals surface area contributed by atoms with Crippen molar-refractivity contribution in [1.29, 1.82) is 0 Å². The number of carbonyl (C=O) groups excluding carboxylic acids is 2. The van der Waals surface area contributed by atoms with Gasteiger partial charge < -0.3 is 15.0 Å². The fourth-order valence-electron chi connectivity index (χ4n) is 3.19. The number of nitrogens with zero attached hydrogens (tertiary/aromatic N) is 3. The number of benzene rings is 2. The lowest BCUT2D eigenvalue weighted by molar-refractivity contribution is -0.117. The van der Waals surface area contributed by atoms with E-state index in [4.69, 9.17) is 4.74 Å². The molecular weight excluding hydrogens is 380 g/mol. The molecule has 7 heteroatoms. The Morgan fingerprint density at radius 2 is 1.83 bits per heavy atom. The number of para-hydroxylation sites is 1. The van der Waals surface area contributed by atoms with Crippen LogP contribution in [0.25, 0.3) is 5.69 Å². The normalized spacial score (nSPS) is 13.0. The first kappa shape index (κ1) is 19.7. The number of aromatic nitrogens is 2. The summed E-state index contributed by atoms with van der Waals surface area (Å²) in [5.41, 5.74) is 2.04. The highest BCUT2D eigenvalue weighted by molar-refractivity contribution is 5.97. The Labute approximate surface area is 175 Å². The lowest BCUT2D eigenvalue weighted by Gasteiger charge is -2.16. The zero-order chi connectivity index (χ0) is 21.1. The SMILES string of the molecule is COc1ccc(CN(C)C(=O)c2cc(NC(=O)C3CC3)n(-c3ccccc3)n2)cc1. The lowest BCUT2D eigenvalue weighted by atomic mass is 10.2. The number of hydrogen-bond acceptors (Lipinski definition) is 4. The quantitative estimate of drug-likeness (QED) is 0.654. The number of hydrogen-bond donors (Lipinski definition) is 1. The Balaban J connectivity index is 1.56. The molecule has 4 rings (SSSR count). The van der Waals surface area contributed by atoms with Crippen molar-refractivity contribution in [3.05, 3.63) is 71.9 Å². The maximum absolute atomic E-state index is 13.0. The summed E-state index contributed by atoms with van der Waals surface area (Å²) in [7, 11) is 3.35. The third-order valence-electron chi connectivity index (χ3n) is 5.05. The molecule has 7 nitrogen and oxygen atoms in total. The number of methoxy groups -OCH3 is 1. The molecule has 0 atom stereocenters. The summed E-state index contributed by atoms with van der Waals surface area (Å²) in [6.07, 6.45) is 1.81. The minimum Gasteiger partial charge on any atom is -0.497 e. The van der Waals surface area contributed by atoms with E-state index in [1.165, 1.54) is 0 Å². The van der Waals surface area contributed by atoms with Crippen molar-refractivity contribution in [3.63, 3.8) is 0 Å². The van der Waals surface area contributed by atoms with E-state index in [-0.39, 0.29) is 23.4 Å². The van der Waals surface area contributed by atoms with Crippen LogP contribution >= 0.6 is 0 Å². The molecule has 1 aromatic heterocycles. The summed E-state index contributed by atoms with van der Waals surface area (Å²) in [6.45, 7) is 0.435. The molecule has 1 N–H and O–H groups in total. The van der Waals surface area contributed by atoms with Gasteiger partial charge in [0.2, 0.25) is 5.91 Å². The number of ether oxygens (including phenoxy) is 1. The van der Waals surface area contributed by atoms with E-state index >= 15 is 0 Å². The largest absolute Gasteiger partial charge is 0.497 e. The highest BCUT2D eigenvalue weighted by Gasteiger charge is 2.31. The first-order chi connectivity index (χ1) is 14.5. The van der Waals surface area contributed by atoms with Crippen LogP contribution in [-0.2, 0) is 11.3 Å². The smallest absolute Gasteiger partial charge is 0.274 e. The maximum atomic E-state index is 13.0. The molecule has 0 aliphatic heterocycles. The van der Waals surface area contributed by atoms with Crippen molar-refractivity contribution in [3.8, 4) is 11.4 Å². The molecule has 3 aromatic rings. The molecule has 0 spiro atoms. The van der Waals surface area contributed by atoms with Crippen LogP contribution < -0.4 is 10.1 Å². The fraction of sp³-hybridized carbons (Fsp3) is 0.261. The van der Waals surface area contributed by atoms with Crippen LogP contribution in [0.1, 0.15) is 28.9 Å². The second-order valence-corrected chi connectivity index (χ2v) is 7.43. The van der Waals surface area contributed by atoms with Crippen LogP contribution in [-0.4, -0.2) is 40.7 Å². The van der Waals surface area contributed by atoms with E-state index < -0.39 is 0 Å². The summed E-state index contributed by atoms with van der Waals surface area (Å²) in [4.78, 5) is 26.9. The van der Waals surface area contributed by atoms with Crippen molar-refractivity contribution in [2.24, 2.45) is 5.92 Å². The van der Waals surface area contributed by atoms with E-state index in [0.717, 1.165) is 29.8 Å². The predicted molar refractivity (Wildman–Crippen MR) is 114 cm³/mol. The molecule has 1 aliphatic carbocycles. The van der Waals surface area contributed by atoms with E-state index in [9.17, 15) is 9.59 Å². The molecule has 0 unspecified atom stereocenters. The third kappa shape index (κ3) is 4.35. The van der Waals surface area contributed by atoms with Crippen molar-refractivity contribution < 1.29 is 14.3 Å². The number of anilines is 1. The monoisotopic (exact) mass is 404 g/mol. The fourth-order valence-corrected chi connectivity index (χ4v) is 3.19. The van der Waals surface area contributed by atoms with Gasteiger partial charge in [-0.15, -0.1) is 0 Å². The number of carbonyl (C=O) groups is 2. The average molecular weight is 404 g/mol. The first-order valence-electron chi connectivity index (χ1n) is 9.90. The zero-order valence-electron chi connectivity index (χ0n) is 17.0. The average Bonchev–Trinajstić information content (AvgIpc) is 3.55. The van der Waals surface area contributed by atoms with Crippen molar-refractivity contribution in [2.75, 3.05) is 19.5 Å². The summed E-state index contributed by atoms with van der Waals surface area (Å²) in [5.74, 6) is 1.07. The molecule has 2 aromatic carbocycles. The van der Waals surface area contributed by atoms with Gasteiger partial charge in [0, 0.05) is 25.6 Å². The summed E-state index contributed by atoms with van der Waals surface area (Å²) in [6, 6.07) is 18.7. The van der Waals surface area contributed by atoms with Crippen LogP contribution in [0.5, 0.6) is 5.75 Å². The molecule has 0 saturated heterocycles. The van der Waals surface area contributed by atoms with Crippen molar-refractivity contribution in [2.45, 2.75) is 19.4 Å². The Morgan fingerprint density at radius 1 is 1.13 bits per heavy atom. The molecule has 1 fully saturated rings. The second kappa shape index (κ2) is 8.41. The van der Waals surface area contributed by atoms with Gasteiger partial charge in [-0.1, -0.05) is 30.3 Å². The molecule has 0 bridgehead atoms. The van der Waals surface area contributed by atoms with E-state index in [1.54, 1.807) is 29.8 Å². The molecule has 1 saturated carbocycles. The standard InChI is InChI=1S/C23H24N4O3/c1-26(15-16-8-12-19(30-2)13-9-16)23(29)20-14-21(24-22(28)17-10-11-17)27(25-20)18-6-4-3-5-7-18/h3-9,12-14,17H,10-11,15H2,1-2H3,(H,24,28). The van der Waals surface area contributed by atoms with Gasteiger partial charge in [-0.05, 0) is 42.7 Å². The van der Waals surface area contributed by atoms with Gasteiger partial charge in [0.05, 0.1) is 12.8 Å². The van der Waals surface area contributed by atoms with Gasteiger partial charge in [-0.2, -0.15) is 5.10 Å². The van der Waals surface area contributed by atoms with Crippen LogP contribution in [0.15, 0.2) is 60.7 Å². The molecule has 2 amide bonds. The van der Waals surface area contributed by atoms with Gasteiger partial charge in [-0.3, -0.25) is 9.59 Å². The Morgan fingerprint density at radius 3 is 2.47 bits per heavy atom.